The zero-order valence-electron chi connectivity index (χ0n) is 13.2. The van der Waals surface area contributed by atoms with Crippen LogP contribution >= 0.6 is 55.2 Å². The van der Waals surface area contributed by atoms with Gasteiger partial charge in [-0.3, -0.25) is 9.56 Å². The van der Waals surface area contributed by atoms with Gasteiger partial charge in [0.05, 0.1) is 17.7 Å². The van der Waals surface area contributed by atoms with Crippen molar-refractivity contribution in [2.45, 2.75) is 11.9 Å². The molecule has 0 saturated carbocycles. The van der Waals surface area contributed by atoms with E-state index in [2.05, 4.69) is 70.3 Å². The number of nitrogens with zero attached hydrogens (tertiary/aromatic N) is 4. The van der Waals surface area contributed by atoms with Crippen LogP contribution in [0.4, 0.5) is 0 Å². The summed E-state index contributed by atoms with van der Waals surface area (Å²) < 4.78 is 3.87. The van der Waals surface area contributed by atoms with Gasteiger partial charge < -0.3 is 0 Å². The van der Waals surface area contributed by atoms with Crippen molar-refractivity contribution < 1.29 is 0 Å². The third-order valence-corrected chi connectivity index (χ3v) is 7.27. The van der Waals surface area contributed by atoms with Crippen molar-refractivity contribution >= 4 is 66.5 Å². The molecule has 2 unspecified atom stereocenters. The number of allylic oxidation sites excluding steroid dienone is 5. The predicted octanol–water partition coefficient (Wildman–Crippen LogP) is 5.77. The molecule has 1 spiro atoms. The largest absolute Gasteiger partial charge is 0.289 e. The molecular formula is C18H11Br2ClN4S. The molecule has 0 fully saturated rings. The Hall–Kier alpha value is -1.15. The van der Waals surface area contributed by atoms with Gasteiger partial charge in [-0.25, -0.2) is 0 Å². The quantitative estimate of drug-likeness (QED) is 0.489. The highest BCUT2D eigenvalue weighted by atomic mass is 79.9. The van der Waals surface area contributed by atoms with E-state index in [0.29, 0.717) is 6.54 Å². The Kier molecular flexibility index (Phi) is 4.04. The van der Waals surface area contributed by atoms with Gasteiger partial charge in [0, 0.05) is 20.6 Å². The van der Waals surface area contributed by atoms with E-state index in [4.69, 9.17) is 16.6 Å². The number of rotatable bonds is 1. The second-order valence-corrected chi connectivity index (χ2v) is 9.23. The molecule has 0 saturated heterocycles. The van der Waals surface area contributed by atoms with E-state index >= 15 is 0 Å². The van der Waals surface area contributed by atoms with E-state index in [1.807, 2.05) is 24.3 Å². The summed E-state index contributed by atoms with van der Waals surface area (Å²) in [5.41, 5.74) is 2.65. The van der Waals surface area contributed by atoms with Gasteiger partial charge in [0.15, 0.2) is 5.82 Å². The molecule has 130 valence electrons. The van der Waals surface area contributed by atoms with Gasteiger partial charge in [-0.2, -0.15) is 0 Å². The summed E-state index contributed by atoms with van der Waals surface area (Å²) >= 11 is 15.5. The lowest BCUT2D eigenvalue weighted by molar-refractivity contribution is 0.514. The number of benzene rings is 1. The highest BCUT2D eigenvalue weighted by molar-refractivity contribution is 9.12. The van der Waals surface area contributed by atoms with Crippen LogP contribution in [0.2, 0.25) is 5.02 Å². The Bertz CT molecular complexity index is 1060. The summed E-state index contributed by atoms with van der Waals surface area (Å²) in [7, 11) is 0. The molecule has 1 aromatic carbocycles. The average Bonchev–Trinajstić information content (AvgIpc) is 3.14. The minimum atomic E-state index is -0.386. The number of halogens is 3. The van der Waals surface area contributed by atoms with E-state index in [1.54, 1.807) is 11.8 Å². The highest BCUT2D eigenvalue weighted by Crippen LogP contribution is 2.57. The summed E-state index contributed by atoms with van der Waals surface area (Å²) in [6, 6.07) is 7.89. The summed E-state index contributed by atoms with van der Waals surface area (Å²) in [6.07, 6.45) is 6.53. The molecule has 26 heavy (non-hydrogen) atoms. The van der Waals surface area contributed by atoms with Crippen LogP contribution in [0.3, 0.4) is 0 Å². The molecule has 3 heterocycles. The van der Waals surface area contributed by atoms with Gasteiger partial charge in [-0.05, 0) is 33.5 Å². The Morgan fingerprint density at radius 1 is 1.23 bits per heavy atom. The predicted molar refractivity (Wildman–Crippen MR) is 114 cm³/mol. The molecule has 2 atom stereocenters. The molecule has 2 aromatic rings. The molecule has 1 aliphatic carbocycles. The Morgan fingerprint density at radius 2 is 2.08 bits per heavy atom. The number of thioether (sulfide) groups is 1. The molecule has 3 aliphatic rings. The van der Waals surface area contributed by atoms with Gasteiger partial charge in [0.25, 0.3) is 0 Å². The number of aliphatic imine (C=N–C) groups is 1. The smallest absolute Gasteiger partial charge is 0.201 e. The van der Waals surface area contributed by atoms with E-state index in [1.165, 1.54) is 0 Å². The van der Waals surface area contributed by atoms with Crippen LogP contribution in [0.25, 0.3) is 5.57 Å². The van der Waals surface area contributed by atoms with Crippen LogP contribution in [0.5, 0.6) is 0 Å². The summed E-state index contributed by atoms with van der Waals surface area (Å²) in [5, 5.41) is 11.4. The maximum atomic E-state index is 6.52. The molecule has 2 aliphatic heterocycles. The SMILES string of the molecule is Clc1ccccc1C1=CC(Br)=CC23C=CSC2n2c(Br)nnc2CN=C13. The van der Waals surface area contributed by atoms with Crippen LogP contribution in [0.15, 0.2) is 62.1 Å². The van der Waals surface area contributed by atoms with Crippen molar-refractivity contribution in [2.24, 2.45) is 10.4 Å². The fraction of sp³-hybridized carbons (Fsp3) is 0.167. The first kappa shape index (κ1) is 17.0. The third-order valence-electron chi connectivity index (χ3n) is 4.79. The van der Waals surface area contributed by atoms with Gasteiger partial charge in [0.1, 0.15) is 5.37 Å². The highest BCUT2D eigenvalue weighted by Gasteiger charge is 2.49. The maximum Gasteiger partial charge on any atom is 0.201 e. The molecule has 5 rings (SSSR count). The molecule has 0 amide bonds. The lowest BCUT2D eigenvalue weighted by Crippen LogP contribution is -2.35. The maximum absolute atomic E-state index is 6.52. The second-order valence-electron chi connectivity index (χ2n) is 6.21. The van der Waals surface area contributed by atoms with E-state index in [9.17, 15) is 0 Å². The molecule has 0 N–H and O–H groups in total. The summed E-state index contributed by atoms with van der Waals surface area (Å²) in [6.45, 7) is 0.480. The van der Waals surface area contributed by atoms with Crippen LogP contribution in [-0.4, -0.2) is 20.5 Å². The molecule has 1 aromatic heterocycles. The average molecular weight is 511 g/mol. The number of hydrogen-bond acceptors (Lipinski definition) is 4. The summed E-state index contributed by atoms with van der Waals surface area (Å²) in [4.78, 5) is 4.98. The normalized spacial score (nSPS) is 26.3. The molecule has 4 nitrogen and oxygen atoms in total. The molecule has 0 radical (unpaired) electrons. The van der Waals surface area contributed by atoms with E-state index < -0.39 is 0 Å². The van der Waals surface area contributed by atoms with Crippen LogP contribution in [-0.2, 0) is 6.54 Å². The van der Waals surface area contributed by atoms with Crippen LogP contribution in [0.1, 0.15) is 16.8 Å². The number of aromatic nitrogens is 3. The fourth-order valence-corrected chi connectivity index (χ4v) is 6.44. The molecule has 0 bridgehead atoms. The van der Waals surface area contributed by atoms with Crippen molar-refractivity contribution in [1.29, 1.82) is 0 Å². The van der Waals surface area contributed by atoms with Crippen molar-refractivity contribution in [3.05, 3.63) is 73.5 Å². The lowest BCUT2D eigenvalue weighted by atomic mass is 9.74. The number of fused-ring (bicyclic) bond motifs is 2. The van der Waals surface area contributed by atoms with Gasteiger partial charge >= 0.3 is 0 Å². The molecular weight excluding hydrogens is 500 g/mol. The van der Waals surface area contributed by atoms with Crippen molar-refractivity contribution in [2.75, 3.05) is 0 Å². The standard InChI is InChI=1S/C18H11Br2ClN4S/c19-10-7-12(11-3-1-2-4-13(11)21)15-18(8-10)5-6-26-16(18)25-14(9-22-15)23-24-17(25)20/h1-8,16H,9H2. The monoisotopic (exact) mass is 508 g/mol. The minimum absolute atomic E-state index is 0.0573. The zero-order valence-corrected chi connectivity index (χ0v) is 18.0. The Labute approximate surface area is 176 Å². The zero-order chi connectivity index (χ0) is 17.9. The minimum Gasteiger partial charge on any atom is -0.289 e. The van der Waals surface area contributed by atoms with Gasteiger partial charge in [-0.1, -0.05) is 57.9 Å². The third kappa shape index (κ3) is 2.37. The van der Waals surface area contributed by atoms with Crippen LogP contribution < -0.4 is 0 Å². The van der Waals surface area contributed by atoms with Crippen LogP contribution in [0, 0.1) is 5.41 Å². The van der Waals surface area contributed by atoms with Gasteiger partial charge in [0.2, 0.25) is 4.73 Å². The van der Waals surface area contributed by atoms with Crippen molar-refractivity contribution in [3.8, 4) is 0 Å². The van der Waals surface area contributed by atoms with E-state index in [0.717, 1.165) is 36.9 Å². The topological polar surface area (TPSA) is 43.1 Å². The van der Waals surface area contributed by atoms with E-state index in [-0.39, 0.29) is 10.8 Å². The van der Waals surface area contributed by atoms with Crippen molar-refractivity contribution in [3.63, 3.8) is 0 Å². The Balaban J connectivity index is 1.77. The first-order valence-corrected chi connectivity index (χ1v) is 10.8. The lowest BCUT2D eigenvalue weighted by Gasteiger charge is -2.36. The van der Waals surface area contributed by atoms with Crippen molar-refractivity contribution in [1.82, 2.24) is 14.8 Å². The summed E-state index contributed by atoms with van der Waals surface area (Å²) in [5.74, 6) is 0.849. The first-order chi connectivity index (χ1) is 12.6. The second kappa shape index (κ2) is 6.19. The molecule has 8 heteroatoms. The Morgan fingerprint density at radius 3 is 2.92 bits per heavy atom. The first-order valence-electron chi connectivity index (χ1n) is 7.93. The number of hydrogen-bond donors (Lipinski definition) is 0. The fourth-order valence-electron chi connectivity index (χ4n) is 3.69. The van der Waals surface area contributed by atoms with Gasteiger partial charge in [-0.15, -0.1) is 22.0 Å².